The Labute approximate surface area is 273 Å². The van der Waals surface area contributed by atoms with Crippen molar-refractivity contribution in [1.82, 2.24) is 24.9 Å². The molecule has 3 amide bonds. The summed E-state index contributed by atoms with van der Waals surface area (Å²) in [6, 6.07) is 15.2. The smallest absolute Gasteiger partial charge is 0.288 e. The van der Waals surface area contributed by atoms with Gasteiger partial charge in [0.15, 0.2) is 6.10 Å². The van der Waals surface area contributed by atoms with Crippen LogP contribution in [-0.2, 0) is 20.9 Å². The topological polar surface area (TPSA) is 124 Å². The molecule has 0 spiro atoms. The molecule has 0 bridgehead atoms. The highest BCUT2D eigenvalue weighted by Crippen LogP contribution is 2.38. The number of carbonyl (C=O) groups excluding carboxylic acids is 3. The number of ether oxygens (including phenoxy) is 1. The van der Waals surface area contributed by atoms with Gasteiger partial charge in [0, 0.05) is 30.7 Å². The van der Waals surface area contributed by atoms with Crippen LogP contribution in [0.4, 0.5) is 0 Å². The number of nitrogens with one attached hydrogen (secondary N) is 1. The second-order valence-corrected chi connectivity index (χ2v) is 12.2. The van der Waals surface area contributed by atoms with Gasteiger partial charge in [-0.3, -0.25) is 19.3 Å². The minimum Gasteiger partial charge on any atom is -0.454 e. The van der Waals surface area contributed by atoms with Crippen LogP contribution in [0, 0.1) is 0 Å². The van der Waals surface area contributed by atoms with E-state index in [1.807, 2.05) is 49.1 Å². The van der Waals surface area contributed by atoms with E-state index in [0.29, 0.717) is 43.9 Å². The maximum atomic E-state index is 14.3. The van der Waals surface area contributed by atoms with Crippen LogP contribution in [0.3, 0.4) is 0 Å². The van der Waals surface area contributed by atoms with Crippen LogP contribution in [0.15, 0.2) is 59.6 Å². The normalized spacial score (nSPS) is 21.3. The maximum Gasteiger partial charge on any atom is 0.288 e. The second-order valence-electron chi connectivity index (χ2n) is 12.2. The number of benzene rings is 2. The first-order chi connectivity index (χ1) is 23.5. The molecule has 2 heterocycles. The van der Waals surface area contributed by atoms with E-state index in [4.69, 9.17) is 20.9 Å². The number of likely N-dealkylation sites (N-methyl/N-ethyl adjacent to an activating group) is 1. The Bertz CT molecular complexity index is 1430. The Morgan fingerprint density at radius 3 is 2.47 bits per heavy atom. The van der Waals surface area contributed by atoms with E-state index in [1.54, 1.807) is 34.1 Å². The van der Waals surface area contributed by atoms with E-state index in [9.17, 15) is 14.4 Å². The van der Waals surface area contributed by atoms with E-state index in [2.05, 4.69) is 5.32 Å². The van der Waals surface area contributed by atoms with E-state index in [1.165, 1.54) is 4.90 Å². The van der Waals surface area contributed by atoms with Gasteiger partial charge in [0.1, 0.15) is 11.6 Å². The standard InChI is InChI=1S/C34H49N7O4/c1-34(2)29(25-12-8-7-9-13-25)45-33(37-34)40-20-21-41(32(44)27(39(5)6)14-10-11-19-38(3)4)28(23-40)31(43)36-22-24-15-17-26(18-16-24)30(35)42/h7-9,12-13,15-18,27-29H,10-11,14,19-23H2,1-6H3,(H2,35,42)(H,36,43)/t27-,28-,29?/m0/s1/i3D,4D,5D,6D. The van der Waals surface area contributed by atoms with Crippen molar-refractivity contribution in [1.29, 1.82) is 0 Å². The molecule has 2 aromatic carbocycles. The molecule has 0 aromatic heterocycles. The third-order valence-corrected chi connectivity index (χ3v) is 8.22. The van der Waals surface area contributed by atoms with E-state index in [-0.39, 0.29) is 65.6 Å². The highest BCUT2D eigenvalue weighted by atomic mass is 16.5. The molecule has 244 valence electrons. The maximum absolute atomic E-state index is 14.3. The van der Waals surface area contributed by atoms with Crippen LogP contribution >= 0.6 is 0 Å². The monoisotopic (exact) mass is 623 g/mol. The summed E-state index contributed by atoms with van der Waals surface area (Å²) in [6.07, 6.45) is 1.31. The Hall–Kier alpha value is -3.96. The van der Waals surface area contributed by atoms with Crippen molar-refractivity contribution in [3.05, 3.63) is 71.3 Å². The number of aliphatic imine (C=N–C) groups is 1. The van der Waals surface area contributed by atoms with E-state index < -0.39 is 23.5 Å². The van der Waals surface area contributed by atoms with Crippen LogP contribution < -0.4 is 11.1 Å². The lowest BCUT2D eigenvalue weighted by atomic mass is 9.93. The molecule has 11 nitrogen and oxygen atoms in total. The zero-order chi connectivity index (χ0) is 35.6. The Morgan fingerprint density at radius 2 is 1.80 bits per heavy atom. The van der Waals surface area contributed by atoms with Gasteiger partial charge < -0.3 is 30.5 Å². The number of hydrogen-bond acceptors (Lipinski definition) is 8. The van der Waals surface area contributed by atoms with Gasteiger partial charge in [-0.1, -0.05) is 48.9 Å². The number of hydrogen-bond donors (Lipinski definition) is 2. The predicted molar refractivity (Wildman–Crippen MR) is 176 cm³/mol. The molecule has 2 aliphatic heterocycles. The first-order valence-electron chi connectivity index (χ1n) is 18.0. The number of unbranched alkanes of at least 4 members (excludes halogenated alkanes) is 1. The lowest BCUT2D eigenvalue weighted by Crippen LogP contribution is -2.64. The average molecular weight is 624 g/mol. The number of piperazine rings is 1. The van der Waals surface area contributed by atoms with Gasteiger partial charge in [-0.25, -0.2) is 4.99 Å². The molecular formula is C34H49N7O4. The van der Waals surface area contributed by atoms with Gasteiger partial charge in [-0.15, -0.1) is 0 Å². The van der Waals surface area contributed by atoms with Crippen LogP contribution in [0.25, 0.3) is 0 Å². The van der Waals surface area contributed by atoms with Crippen LogP contribution in [0.2, 0.25) is 0 Å². The zero-order valence-corrected chi connectivity index (χ0v) is 26.4. The molecule has 0 aliphatic carbocycles. The first kappa shape index (κ1) is 28.5. The van der Waals surface area contributed by atoms with Crippen molar-refractivity contribution in [2.24, 2.45) is 10.7 Å². The number of rotatable bonds is 12. The summed E-state index contributed by atoms with van der Waals surface area (Å²) in [7, 11) is -0.452. The lowest BCUT2D eigenvalue weighted by Gasteiger charge is -2.42. The van der Waals surface area contributed by atoms with Crippen molar-refractivity contribution >= 4 is 23.7 Å². The zero-order valence-electron chi connectivity index (χ0n) is 30.4. The van der Waals surface area contributed by atoms with Gasteiger partial charge in [0.25, 0.3) is 6.02 Å². The molecule has 0 radical (unpaired) electrons. The molecule has 2 aromatic rings. The summed E-state index contributed by atoms with van der Waals surface area (Å²) in [4.78, 5) is 51.3. The van der Waals surface area contributed by atoms with Gasteiger partial charge in [-0.05, 0) is 84.6 Å². The molecule has 1 fully saturated rings. The minimum atomic E-state index is -0.917. The van der Waals surface area contributed by atoms with E-state index in [0.717, 1.165) is 11.1 Å². The molecule has 45 heavy (non-hydrogen) atoms. The quantitative estimate of drug-likeness (QED) is 0.348. The fourth-order valence-corrected chi connectivity index (χ4v) is 5.70. The molecule has 3 atom stereocenters. The molecule has 0 saturated carbocycles. The van der Waals surface area contributed by atoms with Crippen LogP contribution in [0.1, 0.15) is 66.2 Å². The summed E-state index contributed by atoms with van der Waals surface area (Å²) in [6.45, 7) is 5.41. The number of primary amides is 1. The van der Waals surface area contributed by atoms with Crippen molar-refractivity contribution in [2.75, 3.05) is 54.3 Å². The van der Waals surface area contributed by atoms with Crippen molar-refractivity contribution in [3.8, 4) is 0 Å². The lowest BCUT2D eigenvalue weighted by molar-refractivity contribution is -0.147. The molecule has 4 rings (SSSR count). The van der Waals surface area contributed by atoms with E-state index >= 15 is 0 Å². The number of amidine groups is 1. The summed E-state index contributed by atoms with van der Waals surface area (Å²) < 4.78 is 37.6. The summed E-state index contributed by atoms with van der Waals surface area (Å²) in [5.41, 5.74) is 6.89. The van der Waals surface area contributed by atoms with Gasteiger partial charge in [0.05, 0.1) is 12.6 Å². The number of nitrogens with zero attached hydrogens (tertiary/aromatic N) is 5. The first-order valence-corrected chi connectivity index (χ1v) is 15.2. The molecule has 2 aliphatic rings. The summed E-state index contributed by atoms with van der Waals surface area (Å²) >= 11 is 0. The molecule has 1 unspecified atom stereocenters. The fraction of sp³-hybridized carbons (Fsp3) is 0.529. The Balaban J connectivity index is 1.55. The number of nitrogens with two attached hydrogens (primary N) is 1. The third kappa shape index (κ3) is 8.61. The highest BCUT2D eigenvalue weighted by Gasteiger charge is 2.45. The largest absolute Gasteiger partial charge is 0.454 e. The third-order valence-electron chi connectivity index (χ3n) is 8.22. The van der Waals surface area contributed by atoms with Gasteiger partial charge in [-0.2, -0.15) is 0 Å². The van der Waals surface area contributed by atoms with Crippen molar-refractivity contribution < 1.29 is 24.6 Å². The highest BCUT2D eigenvalue weighted by molar-refractivity contribution is 5.93. The van der Waals surface area contributed by atoms with Gasteiger partial charge >= 0.3 is 0 Å². The second kappa shape index (κ2) is 14.9. The van der Waals surface area contributed by atoms with Gasteiger partial charge in [0.2, 0.25) is 17.7 Å². The SMILES string of the molecule is [2H]CN(C[2H])CCCC[C@@H](C(=O)N1CCN(C2=NC(C)(C)C(c3ccccc3)O2)C[C@H]1C(=O)NCc1ccc(C(N)=O)cc1)N(C[2H])C[2H]. The van der Waals surface area contributed by atoms with Crippen molar-refractivity contribution in [2.45, 2.75) is 63.4 Å². The molecular weight excluding hydrogens is 570 g/mol. The molecule has 11 heteroatoms. The van der Waals surface area contributed by atoms with Crippen molar-refractivity contribution in [3.63, 3.8) is 0 Å². The average Bonchev–Trinajstić information content (AvgIpc) is 3.45. The van der Waals surface area contributed by atoms with Crippen LogP contribution in [0.5, 0.6) is 0 Å². The van der Waals surface area contributed by atoms with Crippen LogP contribution in [-0.4, -0.2) is 115 Å². The summed E-state index contributed by atoms with van der Waals surface area (Å²) in [5, 5.41) is 2.95. The Morgan fingerprint density at radius 1 is 1.07 bits per heavy atom. The molecule has 1 saturated heterocycles. The number of amides is 3. The Kier molecular flexibility index (Phi) is 9.43. The number of carbonyl (C=O) groups is 3. The predicted octanol–water partition coefficient (Wildman–Crippen LogP) is 2.48. The summed E-state index contributed by atoms with van der Waals surface area (Å²) in [5.74, 6) is -1.24. The molecule has 3 N–H and O–H groups in total. The fourth-order valence-electron chi connectivity index (χ4n) is 5.70. The minimum absolute atomic E-state index is 0.0199.